The molecule has 0 aromatic heterocycles. The second kappa shape index (κ2) is 8.85. The predicted octanol–water partition coefficient (Wildman–Crippen LogP) is 1.62. The number of hydrogen-bond donors (Lipinski definition) is 1. The van der Waals surface area contributed by atoms with Gasteiger partial charge in [0.05, 0.1) is 32.2 Å². The summed E-state index contributed by atoms with van der Waals surface area (Å²) in [7, 11) is -2.44. The van der Waals surface area contributed by atoms with Crippen LogP contribution in [0.4, 0.5) is 0 Å². The van der Waals surface area contributed by atoms with E-state index in [-0.39, 0.29) is 25.9 Å². The fraction of sp³-hybridized carbons (Fsp3) is 0.619. The van der Waals surface area contributed by atoms with Gasteiger partial charge in [0, 0.05) is 11.5 Å². The summed E-state index contributed by atoms with van der Waals surface area (Å²) in [5.41, 5.74) is -1.03. The number of nitrogens with one attached hydrogen (secondary N) is 1. The van der Waals surface area contributed by atoms with Crippen LogP contribution in [0, 0.1) is 5.92 Å². The third-order valence-corrected chi connectivity index (χ3v) is 6.34. The number of hydrogen-bond acceptors (Lipinski definition) is 8. The molecule has 0 unspecified atom stereocenters. The molecule has 1 aliphatic carbocycles. The standard InChI is InChI=1S/C21H29NO8S/c1-20(2)28-13-17(29-20)16-12-15(30-31(4,25)26)10-11-21(16,19(24)27-3)22-18(23)14-8-6-5-7-9-14/h5-9,15-17H,10-13H2,1-4H3,(H,22,23)/t15-,16-,17+,21-/m0/s1. The molecule has 31 heavy (non-hydrogen) atoms. The maximum absolute atomic E-state index is 13.1. The molecular formula is C21H29NO8S. The zero-order chi connectivity index (χ0) is 22.9. The molecule has 1 saturated heterocycles. The van der Waals surface area contributed by atoms with Gasteiger partial charge in [0.25, 0.3) is 16.0 Å². The normalized spacial score (nSPS) is 30.5. The second-order valence-electron chi connectivity index (χ2n) is 8.45. The van der Waals surface area contributed by atoms with Crippen molar-refractivity contribution in [2.24, 2.45) is 5.92 Å². The van der Waals surface area contributed by atoms with Gasteiger partial charge in [-0.05, 0) is 45.2 Å². The first-order valence-corrected chi connectivity index (χ1v) is 11.9. The van der Waals surface area contributed by atoms with Gasteiger partial charge in [0.1, 0.15) is 5.54 Å². The molecule has 1 aliphatic heterocycles. The number of methoxy groups -OCH3 is 1. The first-order valence-electron chi connectivity index (χ1n) is 10.1. The number of ether oxygens (including phenoxy) is 3. The van der Waals surface area contributed by atoms with E-state index in [1.54, 1.807) is 44.2 Å². The summed E-state index contributed by atoms with van der Waals surface area (Å²) in [5, 5.41) is 2.88. The lowest BCUT2D eigenvalue weighted by atomic mass is 9.68. The molecule has 172 valence electrons. The molecule has 4 atom stereocenters. The first kappa shape index (κ1) is 23.6. The molecule has 1 saturated carbocycles. The van der Waals surface area contributed by atoms with E-state index in [1.807, 2.05) is 0 Å². The van der Waals surface area contributed by atoms with Crippen molar-refractivity contribution in [2.75, 3.05) is 20.0 Å². The molecule has 3 rings (SSSR count). The first-order chi connectivity index (χ1) is 14.5. The van der Waals surface area contributed by atoms with E-state index in [4.69, 9.17) is 18.4 Å². The van der Waals surface area contributed by atoms with Crippen LogP contribution in [-0.2, 0) is 33.3 Å². The summed E-state index contributed by atoms with van der Waals surface area (Å²) >= 11 is 0. The van der Waals surface area contributed by atoms with Crippen molar-refractivity contribution in [3.8, 4) is 0 Å². The van der Waals surface area contributed by atoms with Crippen LogP contribution in [0.2, 0.25) is 0 Å². The molecule has 0 spiro atoms. The Labute approximate surface area is 182 Å². The maximum atomic E-state index is 13.1. The smallest absolute Gasteiger partial charge is 0.331 e. The van der Waals surface area contributed by atoms with Gasteiger partial charge >= 0.3 is 5.97 Å². The third-order valence-electron chi connectivity index (χ3n) is 5.72. The molecule has 1 amide bonds. The van der Waals surface area contributed by atoms with E-state index in [9.17, 15) is 18.0 Å². The zero-order valence-electron chi connectivity index (χ0n) is 18.1. The van der Waals surface area contributed by atoms with Crippen LogP contribution in [0.3, 0.4) is 0 Å². The summed E-state index contributed by atoms with van der Waals surface area (Å²) in [6.45, 7) is 3.69. The molecule has 1 heterocycles. The highest BCUT2D eigenvalue weighted by molar-refractivity contribution is 7.86. The SMILES string of the molecule is COC(=O)[C@]1(NC(=O)c2ccccc2)CC[C@H](OS(C)(=O)=O)C[C@H]1[C@H]1COC(C)(C)O1. The fourth-order valence-corrected chi connectivity index (χ4v) is 5.07. The number of carbonyl (C=O) groups excluding carboxylic acids is 2. The van der Waals surface area contributed by atoms with Crippen LogP contribution >= 0.6 is 0 Å². The molecule has 0 bridgehead atoms. The number of amides is 1. The molecule has 1 N–H and O–H groups in total. The van der Waals surface area contributed by atoms with E-state index >= 15 is 0 Å². The summed E-state index contributed by atoms with van der Waals surface area (Å²) in [6, 6.07) is 8.53. The van der Waals surface area contributed by atoms with E-state index in [0.29, 0.717) is 5.56 Å². The van der Waals surface area contributed by atoms with Crippen molar-refractivity contribution >= 4 is 22.0 Å². The highest BCUT2D eigenvalue weighted by Gasteiger charge is 2.57. The molecule has 2 aliphatic rings. The van der Waals surface area contributed by atoms with Crippen LogP contribution in [-0.4, -0.2) is 63.8 Å². The number of benzene rings is 1. The minimum absolute atomic E-state index is 0.128. The molecule has 10 heteroatoms. The van der Waals surface area contributed by atoms with Gasteiger partial charge in [0.2, 0.25) is 0 Å². The van der Waals surface area contributed by atoms with Gasteiger partial charge in [0.15, 0.2) is 5.79 Å². The van der Waals surface area contributed by atoms with Gasteiger partial charge in [-0.3, -0.25) is 8.98 Å². The van der Waals surface area contributed by atoms with Gasteiger partial charge < -0.3 is 19.5 Å². The minimum Gasteiger partial charge on any atom is -0.467 e. The molecule has 2 fully saturated rings. The lowest BCUT2D eigenvalue weighted by Gasteiger charge is -2.46. The maximum Gasteiger partial charge on any atom is 0.331 e. The van der Waals surface area contributed by atoms with Crippen molar-refractivity contribution in [2.45, 2.75) is 56.6 Å². The Balaban J connectivity index is 1.97. The summed E-state index contributed by atoms with van der Waals surface area (Å²) in [6.07, 6.45) is 0.296. The molecule has 0 radical (unpaired) electrons. The molecule has 1 aromatic rings. The van der Waals surface area contributed by atoms with E-state index < -0.39 is 51.4 Å². The Bertz CT molecular complexity index is 917. The minimum atomic E-state index is -3.70. The Morgan fingerprint density at radius 3 is 2.42 bits per heavy atom. The zero-order valence-corrected chi connectivity index (χ0v) is 18.9. The second-order valence-corrected chi connectivity index (χ2v) is 10.1. The average Bonchev–Trinajstić information content (AvgIpc) is 3.07. The molecule has 9 nitrogen and oxygen atoms in total. The van der Waals surface area contributed by atoms with Crippen molar-refractivity contribution in [1.29, 1.82) is 0 Å². The van der Waals surface area contributed by atoms with E-state index in [0.717, 1.165) is 6.26 Å². The van der Waals surface area contributed by atoms with Crippen molar-refractivity contribution < 1.29 is 36.4 Å². The Hall–Kier alpha value is -2.01. The number of carbonyl (C=O) groups is 2. The average molecular weight is 456 g/mol. The largest absolute Gasteiger partial charge is 0.467 e. The van der Waals surface area contributed by atoms with Crippen LogP contribution in [0.1, 0.15) is 43.5 Å². The summed E-state index contributed by atoms with van der Waals surface area (Å²) in [5.74, 6) is -2.56. The molecule has 1 aromatic carbocycles. The Morgan fingerprint density at radius 1 is 1.19 bits per heavy atom. The van der Waals surface area contributed by atoms with Crippen LogP contribution in [0.15, 0.2) is 30.3 Å². The van der Waals surface area contributed by atoms with Crippen molar-refractivity contribution in [3.05, 3.63) is 35.9 Å². The highest BCUT2D eigenvalue weighted by Crippen LogP contribution is 2.43. The summed E-state index contributed by atoms with van der Waals surface area (Å²) < 4.78 is 45.4. The van der Waals surface area contributed by atoms with Gasteiger partial charge in [-0.15, -0.1) is 0 Å². The lowest BCUT2D eigenvalue weighted by molar-refractivity contribution is -0.168. The van der Waals surface area contributed by atoms with Crippen LogP contribution < -0.4 is 5.32 Å². The third kappa shape index (κ3) is 5.43. The fourth-order valence-electron chi connectivity index (χ4n) is 4.40. The monoisotopic (exact) mass is 455 g/mol. The van der Waals surface area contributed by atoms with Gasteiger partial charge in [-0.2, -0.15) is 8.42 Å². The topological polar surface area (TPSA) is 117 Å². The van der Waals surface area contributed by atoms with Crippen LogP contribution in [0.25, 0.3) is 0 Å². The van der Waals surface area contributed by atoms with Crippen LogP contribution in [0.5, 0.6) is 0 Å². The van der Waals surface area contributed by atoms with Crippen molar-refractivity contribution in [1.82, 2.24) is 5.32 Å². The van der Waals surface area contributed by atoms with Gasteiger partial charge in [-0.1, -0.05) is 18.2 Å². The Morgan fingerprint density at radius 2 is 1.87 bits per heavy atom. The van der Waals surface area contributed by atoms with Crippen molar-refractivity contribution in [3.63, 3.8) is 0 Å². The summed E-state index contributed by atoms with van der Waals surface area (Å²) in [4.78, 5) is 26.1. The highest BCUT2D eigenvalue weighted by atomic mass is 32.2. The molecular weight excluding hydrogens is 426 g/mol. The van der Waals surface area contributed by atoms with Gasteiger partial charge in [-0.25, -0.2) is 4.79 Å². The van der Waals surface area contributed by atoms with E-state index in [2.05, 4.69) is 5.32 Å². The Kier molecular flexibility index (Phi) is 6.75. The number of rotatable bonds is 6. The predicted molar refractivity (Wildman–Crippen MR) is 111 cm³/mol. The van der Waals surface area contributed by atoms with E-state index in [1.165, 1.54) is 7.11 Å². The lowest BCUT2D eigenvalue weighted by Crippen LogP contribution is -2.65. The quantitative estimate of drug-likeness (QED) is 0.508. The number of esters is 1.